The number of aryl methyl sites for hydroxylation is 2. The Morgan fingerprint density at radius 2 is 1.22 bits per heavy atom. The highest BCUT2D eigenvalue weighted by Crippen LogP contribution is 2.53. The van der Waals surface area contributed by atoms with Gasteiger partial charge in [-0.25, -0.2) is 0 Å². The zero-order chi connectivity index (χ0) is 17.0. The molecule has 122 valence electrons. The summed E-state index contributed by atoms with van der Waals surface area (Å²) in [4.78, 5) is 0. The fourth-order valence-electron chi connectivity index (χ4n) is 3.69. The fourth-order valence-corrected chi connectivity index (χ4v) is 3.69. The predicted octanol–water partition coefficient (Wildman–Crippen LogP) is 5.23. The maximum atomic E-state index is 10.3. The molecule has 0 saturated heterocycles. The quantitative estimate of drug-likeness (QED) is 0.758. The summed E-state index contributed by atoms with van der Waals surface area (Å²) in [6, 6.07) is 4.06. The smallest absolute Gasteiger partial charge is 0.137 e. The third kappa shape index (κ3) is 2.18. The van der Waals surface area contributed by atoms with Crippen LogP contribution in [0.2, 0.25) is 0 Å². The molecule has 0 spiro atoms. The molecule has 0 saturated carbocycles. The van der Waals surface area contributed by atoms with Gasteiger partial charge in [-0.15, -0.1) is 0 Å². The first-order chi connectivity index (χ1) is 10.7. The number of aromatic hydroxyl groups is 2. The van der Waals surface area contributed by atoms with Gasteiger partial charge < -0.3 is 14.9 Å². The Bertz CT molecular complexity index is 740. The molecule has 2 aromatic rings. The average Bonchev–Trinajstić information content (AvgIpc) is 2.49. The van der Waals surface area contributed by atoms with Gasteiger partial charge in [0.1, 0.15) is 23.0 Å². The molecule has 1 heterocycles. The van der Waals surface area contributed by atoms with E-state index in [-0.39, 0.29) is 17.4 Å². The molecule has 3 rings (SSSR count). The topological polar surface area (TPSA) is 49.7 Å². The van der Waals surface area contributed by atoms with Crippen LogP contribution in [-0.2, 0) is 0 Å². The number of phenolic OH excluding ortho intramolecular Hbond substituents is 2. The van der Waals surface area contributed by atoms with Crippen LogP contribution < -0.4 is 4.74 Å². The summed E-state index contributed by atoms with van der Waals surface area (Å²) < 4.78 is 6.17. The molecule has 3 nitrogen and oxygen atoms in total. The summed E-state index contributed by atoms with van der Waals surface area (Å²) in [6.07, 6.45) is 0. The minimum atomic E-state index is 0.185. The number of hydrogen-bond acceptors (Lipinski definition) is 3. The third-order valence-electron chi connectivity index (χ3n) is 4.95. The number of benzene rings is 2. The summed E-state index contributed by atoms with van der Waals surface area (Å²) in [7, 11) is 0. The summed E-state index contributed by atoms with van der Waals surface area (Å²) in [6.45, 7) is 12.0. The standard InChI is InChI=1S/C20H24O3/c1-9(2)16-14-7-10(3)17(21)12(5)19(14)23-20-13(6)18(22)11(4)8-15(16)20/h7-9,16,21-22H,1-6H3. The molecule has 0 fully saturated rings. The Kier molecular flexibility index (Phi) is 3.55. The van der Waals surface area contributed by atoms with Crippen LogP contribution in [0.5, 0.6) is 23.0 Å². The fraction of sp³-hybridized carbons (Fsp3) is 0.400. The predicted molar refractivity (Wildman–Crippen MR) is 91.9 cm³/mol. The highest BCUT2D eigenvalue weighted by atomic mass is 16.5. The van der Waals surface area contributed by atoms with E-state index in [1.807, 2.05) is 39.8 Å². The molecule has 2 aromatic carbocycles. The maximum Gasteiger partial charge on any atom is 0.137 e. The van der Waals surface area contributed by atoms with Crippen LogP contribution in [0.3, 0.4) is 0 Å². The summed E-state index contributed by atoms with van der Waals surface area (Å²) in [5, 5.41) is 20.5. The zero-order valence-electron chi connectivity index (χ0n) is 14.6. The zero-order valence-corrected chi connectivity index (χ0v) is 14.6. The van der Waals surface area contributed by atoms with E-state index in [2.05, 4.69) is 13.8 Å². The lowest BCUT2D eigenvalue weighted by Gasteiger charge is -2.34. The van der Waals surface area contributed by atoms with Gasteiger partial charge in [0.2, 0.25) is 0 Å². The van der Waals surface area contributed by atoms with E-state index < -0.39 is 0 Å². The van der Waals surface area contributed by atoms with Gasteiger partial charge in [-0.3, -0.25) is 0 Å². The van der Waals surface area contributed by atoms with Gasteiger partial charge >= 0.3 is 0 Å². The Labute approximate surface area is 137 Å². The monoisotopic (exact) mass is 312 g/mol. The normalized spacial score (nSPS) is 13.7. The molecular formula is C20H24O3. The van der Waals surface area contributed by atoms with Crippen LogP contribution in [0, 0.1) is 33.6 Å². The van der Waals surface area contributed by atoms with Gasteiger partial charge in [-0.1, -0.05) is 13.8 Å². The minimum absolute atomic E-state index is 0.185. The highest BCUT2D eigenvalue weighted by Gasteiger charge is 2.34. The van der Waals surface area contributed by atoms with E-state index in [0.29, 0.717) is 5.92 Å². The molecule has 3 heteroatoms. The number of fused-ring (bicyclic) bond motifs is 2. The van der Waals surface area contributed by atoms with Gasteiger partial charge in [-0.2, -0.15) is 0 Å². The Morgan fingerprint density at radius 1 is 0.826 bits per heavy atom. The van der Waals surface area contributed by atoms with E-state index in [4.69, 9.17) is 4.74 Å². The van der Waals surface area contributed by atoms with Crippen molar-refractivity contribution in [3.8, 4) is 23.0 Å². The average molecular weight is 312 g/mol. The lowest BCUT2D eigenvalue weighted by atomic mass is 9.77. The van der Waals surface area contributed by atoms with Crippen molar-refractivity contribution in [3.05, 3.63) is 45.5 Å². The molecule has 0 radical (unpaired) electrons. The van der Waals surface area contributed by atoms with Crippen LogP contribution in [0.1, 0.15) is 53.1 Å². The van der Waals surface area contributed by atoms with Crippen LogP contribution >= 0.6 is 0 Å². The van der Waals surface area contributed by atoms with Crippen molar-refractivity contribution < 1.29 is 14.9 Å². The van der Waals surface area contributed by atoms with E-state index in [9.17, 15) is 10.2 Å². The summed E-state index contributed by atoms with van der Waals surface area (Å²) >= 11 is 0. The molecule has 0 aromatic heterocycles. The molecule has 1 aliphatic heterocycles. The van der Waals surface area contributed by atoms with Gasteiger partial charge in [0.15, 0.2) is 0 Å². The van der Waals surface area contributed by atoms with Crippen molar-refractivity contribution >= 4 is 0 Å². The first kappa shape index (κ1) is 15.7. The minimum Gasteiger partial charge on any atom is -0.507 e. The van der Waals surface area contributed by atoms with Crippen LogP contribution in [0.25, 0.3) is 0 Å². The van der Waals surface area contributed by atoms with Crippen molar-refractivity contribution in [2.24, 2.45) is 5.92 Å². The van der Waals surface area contributed by atoms with Gasteiger partial charge in [0.05, 0.1) is 0 Å². The lowest BCUT2D eigenvalue weighted by Crippen LogP contribution is -2.17. The first-order valence-electron chi connectivity index (χ1n) is 8.08. The Balaban J connectivity index is 2.35. The molecule has 0 bridgehead atoms. The summed E-state index contributed by atoms with van der Waals surface area (Å²) in [5.74, 6) is 2.58. The Morgan fingerprint density at radius 3 is 1.57 bits per heavy atom. The number of hydrogen-bond donors (Lipinski definition) is 2. The lowest BCUT2D eigenvalue weighted by molar-refractivity contribution is 0.395. The molecule has 0 atom stereocenters. The van der Waals surface area contributed by atoms with Crippen molar-refractivity contribution in [1.29, 1.82) is 0 Å². The molecule has 23 heavy (non-hydrogen) atoms. The summed E-state index contributed by atoms with van der Waals surface area (Å²) in [5.41, 5.74) is 5.48. The largest absolute Gasteiger partial charge is 0.507 e. The van der Waals surface area contributed by atoms with Crippen LogP contribution in [0.4, 0.5) is 0 Å². The van der Waals surface area contributed by atoms with E-state index in [0.717, 1.165) is 44.9 Å². The second kappa shape index (κ2) is 5.19. The second-order valence-corrected chi connectivity index (χ2v) is 6.99. The van der Waals surface area contributed by atoms with Crippen molar-refractivity contribution in [2.75, 3.05) is 0 Å². The first-order valence-corrected chi connectivity index (χ1v) is 8.08. The molecule has 0 amide bonds. The van der Waals surface area contributed by atoms with E-state index in [1.165, 1.54) is 0 Å². The van der Waals surface area contributed by atoms with Gasteiger partial charge in [0, 0.05) is 28.2 Å². The molecular weight excluding hydrogens is 288 g/mol. The second-order valence-electron chi connectivity index (χ2n) is 6.99. The van der Waals surface area contributed by atoms with Crippen LogP contribution in [0.15, 0.2) is 12.1 Å². The Hall–Kier alpha value is -2.16. The van der Waals surface area contributed by atoms with Crippen LogP contribution in [-0.4, -0.2) is 10.2 Å². The number of phenols is 2. The number of rotatable bonds is 1. The van der Waals surface area contributed by atoms with Crippen molar-refractivity contribution in [2.45, 2.75) is 47.5 Å². The number of ether oxygens (including phenoxy) is 1. The van der Waals surface area contributed by atoms with Crippen molar-refractivity contribution in [3.63, 3.8) is 0 Å². The van der Waals surface area contributed by atoms with E-state index in [1.54, 1.807) is 0 Å². The van der Waals surface area contributed by atoms with Gasteiger partial charge in [0.25, 0.3) is 0 Å². The van der Waals surface area contributed by atoms with Crippen molar-refractivity contribution in [1.82, 2.24) is 0 Å². The molecule has 0 unspecified atom stereocenters. The molecule has 2 N–H and O–H groups in total. The SMILES string of the molecule is Cc1cc2c(c(C)c1O)Oc1c(cc(C)c(O)c1C)C2C(C)C. The van der Waals surface area contributed by atoms with E-state index >= 15 is 0 Å². The molecule has 0 aliphatic carbocycles. The highest BCUT2D eigenvalue weighted by molar-refractivity contribution is 5.65. The van der Waals surface area contributed by atoms with Gasteiger partial charge in [-0.05, 0) is 56.9 Å². The molecule has 1 aliphatic rings. The maximum absolute atomic E-state index is 10.3. The third-order valence-corrected chi connectivity index (χ3v) is 4.95.